The maximum atomic E-state index is 11.4. The number of carbonyl (C=O) groups is 1. The molecule has 0 fully saturated rings. The first-order chi connectivity index (χ1) is 9.67. The van der Waals surface area contributed by atoms with Crippen LogP contribution in [0.4, 0.5) is 5.69 Å². The van der Waals surface area contributed by atoms with E-state index in [4.69, 9.17) is 5.11 Å². The Balaban J connectivity index is 1.96. The van der Waals surface area contributed by atoms with E-state index in [1.54, 1.807) is 0 Å². The monoisotopic (exact) mass is 335 g/mol. The molecular weight excluding hydrogens is 322 g/mol. The van der Waals surface area contributed by atoms with Crippen molar-refractivity contribution >= 4 is 27.5 Å². The SMILES string of the molecule is O=C1CCc2cc(-c3nc(CCO)[nH]c3Br)ccc2N1. The number of fused-ring (bicyclic) bond motifs is 1. The van der Waals surface area contributed by atoms with Gasteiger partial charge in [-0.1, -0.05) is 6.07 Å². The van der Waals surface area contributed by atoms with Crippen molar-refractivity contribution in [1.82, 2.24) is 9.97 Å². The molecule has 2 heterocycles. The number of rotatable bonds is 3. The zero-order valence-corrected chi connectivity index (χ0v) is 12.3. The van der Waals surface area contributed by atoms with Gasteiger partial charge in [-0.15, -0.1) is 0 Å². The number of hydrogen-bond donors (Lipinski definition) is 3. The van der Waals surface area contributed by atoms with Gasteiger partial charge < -0.3 is 15.4 Å². The van der Waals surface area contributed by atoms with Crippen LogP contribution in [0.15, 0.2) is 22.8 Å². The second kappa shape index (κ2) is 5.38. The Bertz CT molecular complexity index is 666. The maximum Gasteiger partial charge on any atom is 0.224 e. The minimum absolute atomic E-state index is 0.0651. The van der Waals surface area contributed by atoms with E-state index in [1.807, 2.05) is 12.1 Å². The minimum atomic E-state index is 0.0651. The van der Waals surface area contributed by atoms with Gasteiger partial charge in [-0.05, 0) is 40.0 Å². The Morgan fingerprint density at radius 3 is 3.00 bits per heavy atom. The summed E-state index contributed by atoms with van der Waals surface area (Å²) in [6.07, 6.45) is 1.77. The third-order valence-corrected chi connectivity index (χ3v) is 3.91. The third-order valence-electron chi connectivity index (χ3n) is 3.33. The smallest absolute Gasteiger partial charge is 0.224 e. The predicted molar refractivity (Wildman–Crippen MR) is 79.5 cm³/mol. The van der Waals surface area contributed by atoms with Crippen molar-refractivity contribution in [2.24, 2.45) is 0 Å². The van der Waals surface area contributed by atoms with Crippen molar-refractivity contribution in [3.05, 3.63) is 34.2 Å². The molecule has 1 aromatic carbocycles. The van der Waals surface area contributed by atoms with Crippen LogP contribution in [0.3, 0.4) is 0 Å². The summed E-state index contributed by atoms with van der Waals surface area (Å²) in [7, 11) is 0. The summed E-state index contributed by atoms with van der Waals surface area (Å²) >= 11 is 3.46. The molecule has 0 saturated carbocycles. The zero-order chi connectivity index (χ0) is 14.1. The molecule has 5 nitrogen and oxygen atoms in total. The van der Waals surface area contributed by atoms with Crippen LogP contribution in [0.1, 0.15) is 17.8 Å². The van der Waals surface area contributed by atoms with Gasteiger partial charge in [0.15, 0.2) is 0 Å². The molecule has 0 atom stereocenters. The van der Waals surface area contributed by atoms with E-state index in [1.165, 1.54) is 0 Å². The number of aromatic nitrogens is 2. The summed E-state index contributed by atoms with van der Waals surface area (Å²) in [5.74, 6) is 0.817. The Morgan fingerprint density at radius 1 is 1.35 bits per heavy atom. The Hall–Kier alpha value is -1.66. The maximum absolute atomic E-state index is 11.4. The number of H-pyrrole nitrogens is 1. The van der Waals surface area contributed by atoms with E-state index in [9.17, 15) is 4.79 Å². The van der Waals surface area contributed by atoms with Crippen LogP contribution in [0.5, 0.6) is 0 Å². The average molecular weight is 336 g/mol. The van der Waals surface area contributed by atoms with Crippen LogP contribution in [-0.2, 0) is 17.6 Å². The van der Waals surface area contributed by atoms with E-state index in [-0.39, 0.29) is 12.5 Å². The van der Waals surface area contributed by atoms with Gasteiger partial charge >= 0.3 is 0 Å². The fraction of sp³-hybridized carbons (Fsp3) is 0.286. The van der Waals surface area contributed by atoms with Crippen LogP contribution in [0, 0.1) is 0 Å². The van der Waals surface area contributed by atoms with Gasteiger partial charge in [0.1, 0.15) is 16.1 Å². The van der Waals surface area contributed by atoms with Crippen molar-refractivity contribution in [3.63, 3.8) is 0 Å². The highest BCUT2D eigenvalue weighted by Crippen LogP contribution is 2.31. The van der Waals surface area contributed by atoms with Crippen LogP contribution in [0.2, 0.25) is 0 Å². The standard InChI is InChI=1S/C14H14BrN3O2/c15-14-13(17-11(18-14)5-6-19)9-1-3-10-8(7-9)2-4-12(20)16-10/h1,3,7,19H,2,4-6H2,(H,16,20)(H,17,18). The number of aliphatic hydroxyl groups is 1. The molecule has 20 heavy (non-hydrogen) atoms. The molecule has 0 bridgehead atoms. The highest BCUT2D eigenvalue weighted by Gasteiger charge is 2.17. The first-order valence-corrected chi connectivity index (χ1v) is 7.25. The van der Waals surface area contributed by atoms with Crippen LogP contribution >= 0.6 is 15.9 Å². The van der Waals surface area contributed by atoms with E-state index < -0.39 is 0 Å². The molecule has 3 N–H and O–H groups in total. The van der Waals surface area contributed by atoms with Gasteiger partial charge in [-0.3, -0.25) is 4.79 Å². The molecule has 6 heteroatoms. The summed E-state index contributed by atoms with van der Waals surface area (Å²) in [6, 6.07) is 5.90. The van der Waals surface area contributed by atoms with Gasteiger partial charge in [-0.25, -0.2) is 4.98 Å². The molecular formula is C14H14BrN3O2. The Kier molecular flexibility index (Phi) is 3.58. The Labute approximate surface area is 124 Å². The summed E-state index contributed by atoms with van der Waals surface area (Å²) in [5, 5.41) is 11.8. The van der Waals surface area contributed by atoms with Crippen LogP contribution in [-0.4, -0.2) is 27.6 Å². The van der Waals surface area contributed by atoms with Crippen LogP contribution in [0.25, 0.3) is 11.3 Å². The van der Waals surface area contributed by atoms with E-state index in [0.29, 0.717) is 12.8 Å². The number of amides is 1. The molecule has 2 aromatic rings. The molecule has 0 radical (unpaired) electrons. The highest BCUT2D eigenvalue weighted by atomic mass is 79.9. The van der Waals surface area contributed by atoms with E-state index in [0.717, 1.165) is 39.4 Å². The fourth-order valence-corrected chi connectivity index (χ4v) is 2.89. The third kappa shape index (κ3) is 2.48. The molecule has 104 valence electrons. The number of anilines is 1. The second-order valence-electron chi connectivity index (χ2n) is 4.74. The lowest BCUT2D eigenvalue weighted by Crippen LogP contribution is -2.18. The lowest BCUT2D eigenvalue weighted by Gasteiger charge is -2.17. The molecule has 0 unspecified atom stereocenters. The fourth-order valence-electron chi connectivity index (χ4n) is 2.34. The molecule has 0 spiro atoms. The van der Waals surface area contributed by atoms with Gasteiger partial charge in [-0.2, -0.15) is 0 Å². The van der Waals surface area contributed by atoms with Gasteiger partial charge in [0.25, 0.3) is 0 Å². The van der Waals surface area contributed by atoms with E-state index in [2.05, 4.69) is 37.3 Å². The molecule has 0 aliphatic carbocycles. The van der Waals surface area contributed by atoms with Crippen molar-refractivity contribution < 1.29 is 9.90 Å². The number of hydrogen-bond acceptors (Lipinski definition) is 3. The lowest BCUT2D eigenvalue weighted by atomic mass is 9.99. The summed E-state index contributed by atoms with van der Waals surface area (Å²) < 4.78 is 0.806. The van der Waals surface area contributed by atoms with Crippen molar-refractivity contribution in [3.8, 4) is 11.3 Å². The van der Waals surface area contributed by atoms with E-state index >= 15 is 0 Å². The summed E-state index contributed by atoms with van der Waals surface area (Å²) in [4.78, 5) is 18.9. The van der Waals surface area contributed by atoms with Crippen molar-refractivity contribution in [1.29, 1.82) is 0 Å². The molecule has 0 saturated heterocycles. The molecule has 3 rings (SSSR count). The van der Waals surface area contributed by atoms with Gasteiger partial charge in [0.05, 0.1) is 6.61 Å². The number of halogens is 1. The number of benzene rings is 1. The average Bonchev–Trinajstić information content (AvgIpc) is 2.79. The number of nitrogens with one attached hydrogen (secondary N) is 2. The van der Waals surface area contributed by atoms with Gasteiger partial charge in [0.2, 0.25) is 5.91 Å². The topological polar surface area (TPSA) is 78.0 Å². The number of aromatic amines is 1. The summed E-state index contributed by atoms with van der Waals surface area (Å²) in [5.41, 5.74) is 3.83. The van der Waals surface area contributed by atoms with Gasteiger partial charge in [0, 0.05) is 24.1 Å². The quantitative estimate of drug-likeness (QED) is 0.805. The largest absolute Gasteiger partial charge is 0.396 e. The minimum Gasteiger partial charge on any atom is -0.396 e. The number of aliphatic hydroxyl groups excluding tert-OH is 1. The lowest BCUT2D eigenvalue weighted by molar-refractivity contribution is -0.116. The van der Waals surface area contributed by atoms with Crippen molar-refractivity contribution in [2.75, 3.05) is 11.9 Å². The van der Waals surface area contributed by atoms with Crippen LogP contribution < -0.4 is 5.32 Å². The second-order valence-corrected chi connectivity index (χ2v) is 5.53. The predicted octanol–water partition coefficient (Wildman–Crippen LogP) is 2.26. The van der Waals surface area contributed by atoms with Crippen molar-refractivity contribution in [2.45, 2.75) is 19.3 Å². The first kappa shape index (κ1) is 13.3. The zero-order valence-electron chi connectivity index (χ0n) is 10.7. The number of carbonyl (C=O) groups excluding carboxylic acids is 1. The molecule has 1 amide bonds. The highest BCUT2D eigenvalue weighted by molar-refractivity contribution is 9.10. The normalized spacial score (nSPS) is 14.0. The number of imidazole rings is 1. The first-order valence-electron chi connectivity index (χ1n) is 6.46. The summed E-state index contributed by atoms with van der Waals surface area (Å²) in [6.45, 7) is 0.0651. The molecule has 1 aliphatic rings. The molecule has 1 aromatic heterocycles. The number of nitrogens with zero attached hydrogens (tertiary/aromatic N) is 1. The number of aryl methyl sites for hydroxylation is 1. The Morgan fingerprint density at radius 2 is 2.20 bits per heavy atom. The molecule has 1 aliphatic heterocycles.